The molecule has 0 aliphatic heterocycles. The molecule has 0 spiro atoms. The monoisotopic (exact) mass is 273 g/mol. The fourth-order valence-corrected chi connectivity index (χ4v) is 2.16. The number of carbonyl (C=O) groups is 1. The highest BCUT2D eigenvalue weighted by molar-refractivity contribution is 7.14. The lowest BCUT2D eigenvalue weighted by atomic mass is 10.1. The highest BCUT2D eigenvalue weighted by Crippen LogP contribution is 2.24. The number of nitrogens with one attached hydrogen (secondary N) is 1. The first-order valence-electron chi connectivity index (χ1n) is 5.45. The number of aryl methyl sites for hydroxylation is 1. The number of nitriles is 1. The summed E-state index contributed by atoms with van der Waals surface area (Å²) in [5.74, 6) is -0.466. The van der Waals surface area contributed by atoms with Crippen molar-refractivity contribution in [2.45, 2.75) is 6.92 Å². The summed E-state index contributed by atoms with van der Waals surface area (Å²) in [6.07, 6.45) is 0. The van der Waals surface area contributed by atoms with Gasteiger partial charge >= 0.3 is 5.97 Å². The number of thiazole rings is 1. The van der Waals surface area contributed by atoms with E-state index in [0.717, 1.165) is 11.3 Å². The van der Waals surface area contributed by atoms with Crippen LogP contribution in [0.25, 0.3) is 0 Å². The third-order valence-corrected chi connectivity index (χ3v) is 3.26. The predicted octanol–water partition coefficient (Wildman–Crippen LogP) is 2.85. The third kappa shape index (κ3) is 2.89. The Morgan fingerprint density at radius 3 is 3.00 bits per heavy atom. The predicted molar refractivity (Wildman–Crippen MR) is 72.6 cm³/mol. The lowest BCUT2D eigenvalue weighted by Gasteiger charge is -2.06. The van der Waals surface area contributed by atoms with Crippen LogP contribution in [0, 0.1) is 18.3 Å². The molecule has 6 heteroatoms. The molecule has 0 fully saturated rings. The lowest BCUT2D eigenvalue weighted by molar-refractivity contribution is 0.0595. The number of anilines is 2. The normalized spacial score (nSPS) is 9.74. The first-order valence-corrected chi connectivity index (χ1v) is 6.33. The van der Waals surface area contributed by atoms with Crippen LogP contribution in [-0.4, -0.2) is 18.1 Å². The topological polar surface area (TPSA) is 75.0 Å². The van der Waals surface area contributed by atoms with Crippen LogP contribution < -0.4 is 5.32 Å². The quantitative estimate of drug-likeness (QED) is 0.870. The molecule has 0 unspecified atom stereocenters. The molecule has 0 atom stereocenters. The maximum absolute atomic E-state index is 11.3. The smallest absolute Gasteiger partial charge is 0.357 e. The average molecular weight is 273 g/mol. The first kappa shape index (κ1) is 13.1. The van der Waals surface area contributed by atoms with Gasteiger partial charge in [0, 0.05) is 11.1 Å². The minimum Gasteiger partial charge on any atom is -0.464 e. The van der Waals surface area contributed by atoms with Gasteiger partial charge in [0.25, 0.3) is 0 Å². The van der Waals surface area contributed by atoms with Crippen LogP contribution in [-0.2, 0) is 4.74 Å². The van der Waals surface area contributed by atoms with E-state index >= 15 is 0 Å². The van der Waals surface area contributed by atoms with Crippen LogP contribution in [0.15, 0.2) is 23.6 Å². The Balaban J connectivity index is 2.24. The second-order valence-electron chi connectivity index (χ2n) is 3.80. The highest BCUT2D eigenvalue weighted by Gasteiger charge is 2.11. The molecule has 2 aromatic rings. The zero-order valence-corrected chi connectivity index (χ0v) is 11.2. The van der Waals surface area contributed by atoms with Gasteiger partial charge in [0.2, 0.25) is 0 Å². The Labute approximate surface area is 114 Å². The van der Waals surface area contributed by atoms with Crippen molar-refractivity contribution in [3.8, 4) is 6.07 Å². The highest BCUT2D eigenvalue weighted by atomic mass is 32.1. The van der Waals surface area contributed by atoms with Crippen molar-refractivity contribution < 1.29 is 9.53 Å². The number of rotatable bonds is 3. The Hall–Kier alpha value is -2.39. The Morgan fingerprint density at radius 1 is 1.53 bits per heavy atom. The molecule has 5 nitrogen and oxygen atoms in total. The molecule has 0 saturated carbocycles. The molecule has 0 amide bonds. The number of aromatic nitrogens is 1. The summed E-state index contributed by atoms with van der Waals surface area (Å²) in [6, 6.07) is 7.44. The van der Waals surface area contributed by atoms with Crippen LogP contribution in [0.2, 0.25) is 0 Å². The molecule has 0 saturated heterocycles. The van der Waals surface area contributed by atoms with Crippen molar-refractivity contribution in [1.29, 1.82) is 5.26 Å². The van der Waals surface area contributed by atoms with E-state index in [2.05, 4.69) is 21.1 Å². The van der Waals surface area contributed by atoms with E-state index in [4.69, 9.17) is 5.26 Å². The minimum absolute atomic E-state index is 0.268. The molecule has 1 N–H and O–H groups in total. The molecular weight excluding hydrogens is 262 g/mol. The van der Waals surface area contributed by atoms with Crippen molar-refractivity contribution in [1.82, 2.24) is 4.98 Å². The molecule has 2 rings (SSSR count). The maximum atomic E-state index is 11.3. The van der Waals surface area contributed by atoms with Gasteiger partial charge < -0.3 is 10.1 Å². The van der Waals surface area contributed by atoms with Gasteiger partial charge in [-0.3, -0.25) is 0 Å². The Kier molecular flexibility index (Phi) is 3.78. The number of ether oxygens (including phenoxy) is 1. The van der Waals surface area contributed by atoms with E-state index in [0.29, 0.717) is 10.7 Å². The molecular formula is C13H11N3O2S. The van der Waals surface area contributed by atoms with Crippen LogP contribution in [0.5, 0.6) is 0 Å². The molecule has 0 aliphatic rings. The van der Waals surface area contributed by atoms with Crippen molar-refractivity contribution in [3.63, 3.8) is 0 Å². The number of esters is 1. The zero-order chi connectivity index (χ0) is 13.8. The van der Waals surface area contributed by atoms with E-state index in [1.54, 1.807) is 17.5 Å². The Bertz CT molecular complexity index is 658. The summed E-state index contributed by atoms with van der Waals surface area (Å²) < 4.78 is 4.59. The van der Waals surface area contributed by atoms with Gasteiger partial charge in [-0.05, 0) is 24.6 Å². The van der Waals surface area contributed by atoms with Gasteiger partial charge in [-0.25, -0.2) is 9.78 Å². The molecule has 0 bridgehead atoms. The minimum atomic E-state index is -0.466. The fourth-order valence-electron chi connectivity index (χ4n) is 1.47. The number of hydrogen-bond donors (Lipinski definition) is 1. The van der Waals surface area contributed by atoms with E-state index in [1.165, 1.54) is 18.4 Å². The second-order valence-corrected chi connectivity index (χ2v) is 4.65. The van der Waals surface area contributed by atoms with Crippen LogP contribution in [0.4, 0.5) is 10.8 Å². The summed E-state index contributed by atoms with van der Waals surface area (Å²) >= 11 is 1.30. The third-order valence-electron chi connectivity index (χ3n) is 2.51. The zero-order valence-electron chi connectivity index (χ0n) is 10.4. The number of benzene rings is 1. The molecule has 0 radical (unpaired) electrons. The lowest BCUT2D eigenvalue weighted by Crippen LogP contribution is -2.01. The number of nitrogens with zero attached hydrogens (tertiary/aromatic N) is 2. The number of hydrogen-bond acceptors (Lipinski definition) is 6. The molecule has 19 heavy (non-hydrogen) atoms. The summed E-state index contributed by atoms with van der Waals surface area (Å²) in [4.78, 5) is 15.4. The van der Waals surface area contributed by atoms with Crippen LogP contribution in [0.1, 0.15) is 21.6 Å². The maximum Gasteiger partial charge on any atom is 0.357 e. The van der Waals surface area contributed by atoms with Crippen molar-refractivity contribution in [2.24, 2.45) is 0 Å². The van der Waals surface area contributed by atoms with Crippen LogP contribution >= 0.6 is 11.3 Å². The summed E-state index contributed by atoms with van der Waals surface area (Å²) in [7, 11) is 1.31. The van der Waals surface area contributed by atoms with Crippen molar-refractivity contribution in [2.75, 3.05) is 12.4 Å². The largest absolute Gasteiger partial charge is 0.464 e. The Morgan fingerprint density at radius 2 is 2.32 bits per heavy atom. The molecule has 96 valence electrons. The van der Waals surface area contributed by atoms with Gasteiger partial charge in [-0.2, -0.15) is 5.26 Å². The second kappa shape index (κ2) is 5.50. The van der Waals surface area contributed by atoms with Gasteiger partial charge in [-0.1, -0.05) is 6.07 Å². The summed E-state index contributed by atoms with van der Waals surface area (Å²) in [6.45, 7) is 1.93. The molecule has 1 aromatic heterocycles. The molecule has 0 aliphatic carbocycles. The summed E-state index contributed by atoms with van der Waals surface area (Å²) in [5, 5.41) is 14.2. The van der Waals surface area contributed by atoms with Gasteiger partial charge in [0.1, 0.15) is 0 Å². The standard InChI is InChI=1S/C13H11N3O2S/c1-8-3-4-9(6-14)5-10(8)15-13-16-11(7-19-13)12(17)18-2/h3-5,7H,1-2H3,(H,15,16). The van der Waals surface area contributed by atoms with Gasteiger partial charge in [-0.15, -0.1) is 11.3 Å². The summed E-state index contributed by atoms with van der Waals surface area (Å²) in [5.41, 5.74) is 2.63. The van der Waals surface area contributed by atoms with Crippen molar-refractivity contribution in [3.05, 3.63) is 40.4 Å². The number of carbonyl (C=O) groups excluding carboxylic acids is 1. The van der Waals surface area contributed by atoms with Crippen molar-refractivity contribution >= 4 is 28.1 Å². The van der Waals surface area contributed by atoms with Crippen LogP contribution in [0.3, 0.4) is 0 Å². The van der Waals surface area contributed by atoms with E-state index < -0.39 is 5.97 Å². The van der Waals surface area contributed by atoms with E-state index in [9.17, 15) is 4.79 Å². The fraction of sp³-hybridized carbons (Fsp3) is 0.154. The molecule has 1 heterocycles. The first-order chi connectivity index (χ1) is 9.13. The SMILES string of the molecule is COC(=O)c1csc(Nc2cc(C#N)ccc2C)n1. The van der Waals surface area contributed by atoms with E-state index in [-0.39, 0.29) is 5.69 Å². The molecule has 1 aromatic carbocycles. The number of methoxy groups -OCH3 is 1. The van der Waals surface area contributed by atoms with Gasteiger partial charge in [0.15, 0.2) is 10.8 Å². The average Bonchev–Trinajstić information content (AvgIpc) is 2.89. The van der Waals surface area contributed by atoms with E-state index in [1.807, 2.05) is 13.0 Å². The van der Waals surface area contributed by atoms with Gasteiger partial charge in [0.05, 0.1) is 18.7 Å².